The number of hydrogen-bond donors (Lipinski definition) is 1. The summed E-state index contributed by atoms with van der Waals surface area (Å²) in [6, 6.07) is 10.9. The van der Waals surface area contributed by atoms with E-state index >= 15 is 0 Å². The number of hydrogen-bond acceptors (Lipinski definition) is 0. The van der Waals surface area contributed by atoms with E-state index in [9.17, 15) is 0 Å². The van der Waals surface area contributed by atoms with Crippen molar-refractivity contribution in [3.8, 4) is 0 Å². The van der Waals surface area contributed by atoms with Crippen LogP contribution in [0.1, 0.15) is 44.7 Å². The molecule has 3 N–H and O–H groups in total. The van der Waals surface area contributed by atoms with Crippen molar-refractivity contribution in [3.63, 3.8) is 0 Å². The average Bonchev–Trinajstić information content (AvgIpc) is 2.17. The Morgan fingerprint density at radius 2 is 1.87 bits per heavy atom. The van der Waals surface area contributed by atoms with Crippen molar-refractivity contribution in [2.24, 2.45) is 0 Å². The Hall–Kier alpha value is -0.530. The molecule has 0 fully saturated rings. The largest absolute Gasteiger partial charge is 0.351 e. The van der Waals surface area contributed by atoms with Gasteiger partial charge in [-0.1, -0.05) is 30.3 Å². The van der Waals surface area contributed by atoms with Gasteiger partial charge in [-0.3, -0.25) is 0 Å². The molecule has 0 aliphatic heterocycles. The third-order valence-corrected chi connectivity index (χ3v) is 2.78. The summed E-state index contributed by atoms with van der Waals surface area (Å²) in [5.74, 6) is 0. The number of halogens is 1. The van der Waals surface area contributed by atoms with Gasteiger partial charge in [-0.05, 0) is 26.7 Å². The number of quaternary nitrogens is 1. The van der Waals surface area contributed by atoms with E-state index < -0.39 is 0 Å². The van der Waals surface area contributed by atoms with Crippen LogP contribution in [-0.2, 0) is 0 Å². The highest BCUT2D eigenvalue weighted by Gasteiger charge is 2.15. The highest BCUT2D eigenvalue weighted by Crippen LogP contribution is 2.23. The summed E-state index contributed by atoms with van der Waals surface area (Å²) in [5.41, 5.74) is 5.51. The van der Waals surface area contributed by atoms with Crippen LogP contribution in [0, 0.1) is 0 Å². The monoisotopic (exact) mass is 226 g/mol. The van der Waals surface area contributed by atoms with E-state index in [1.165, 1.54) is 5.56 Å². The predicted octanol–water partition coefficient (Wildman–Crippen LogP) is 3.16. The number of alkyl halides is 1. The lowest BCUT2D eigenvalue weighted by molar-refractivity contribution is -0.428. The van der Waals surface area contributed by atoms with E-state index in [2.05, 4.69) is 43.8 Å². The van der Waals surface area contributed by atoms with Crippen LogP contribution in [0.5, 0.6) is 0 Å². The molecule has 0 bridgehead atoms. The van der Waals surface area contributed by atoms with Gasteiger partial charge < -0.3 is 5.73 Å². The first-order chi connectivity index (χ1) is 6.99. The molecule has 1 unspecified atom stereocenters. The van der Waals surface area contributed by atoms with Gasteiger partial charge in [0.2, 0.25) is 0 Å². The third-order valence-electron chi connectivity index (χ3n) is 2.59. The molecule has 0 aromatic heterocycles. The molecule has 0 saturated carbocycles. The molecule has 1 aromatic carbocycles. The second-order valence-corrected chi connectivity index (χ2v) is 5.74. The molecule has 1 atom stereocenters. The van der Waals surface area contributed by atoms with Crippen LogP contribution in [0.25, 0.3) is 0 Å². The van der Waals surface area contributed by atoms with Gasteiger partial charge in [-0.25, -0.2) is 0 Å². The maximum Gasteiger partial charge on any atom is 0.110 e. The van der Waals surface area contributed by atoms with Gasteiger partial charge in [0.15, 0.2) is 0 Å². The topological polar surface area (TPSA) is 27.6 Å². The molecule has 0 saturated heterocycles. The molecular formula is C13H21ClN+. The van der Waals surface area contributed by atoms with Gasteiger partial charge in [0.05, 0.1) is 0 Å². The first-order valence-corrected chi connectivity index (χ1v) is 5.94. The van der Waals surface area contributed by atoms with Gasteiger partial charge in [0.25, 0.3) is 0 Å². The molecule has 1 rings (SSSR count). The zero-order valence-electron chi connectivity index (χ0n) is 9.67. The molecule has 1 nitrogen and oxygen atoms in total. The van der Waals surface area contributed by atoms with E-state index in [4.69, 9.17) is 11.6 Å². The Balaban J connectivity index is 2.34. The molecule has 2 heteroatoms. The second kappa shape index (κ2) is 5.53. The highest BCUT2D eigenvalue weighted by atomic mass is 35.5. The first kappa shape index (κ1) is 12.5. The molecule has 0 aliphatic carbocycles. The van der Waals surface area contributed by atoms with Gasteiger partial charge >= 0.3 is 0 Å². The van der Waals surface area contributed by atoms with Crippen LogP contribution >= 0.6 is 11.6 Å². The molecule has 0 amide bonds. The number of rotatable bonds is 5. The van der Waals surface area contributed by atoms with Crippen molar-refractivity contribution in [2.45, 2.75) is 44.0 Å². The maximum atomic E-state index is 6.14. The fraction of sp³-hybridized carbons (Fsp3) is 0.538. The lowest BCUT2D eigenvalue weighted by Gasteiger charge is -2.16. The Kier molecular flexibility index (Phi) is 4.62. The van der Waals surface area contributed by atoms with Gasteiger partial charge in [-0.15, -0.1) is 11.6 Å². The van der Waals surface area contributed by atoms with E-state index in [0.29, 0.717) is 6.04 Å². The smallest absolute Gasteiger partial charge is 0.110 e. The predicted molar refractivity (Wildman–Crippen MR) is 65.9 cm³/mol. The molecule has 15 heavy (non-hydrogen) atoms. The lowest BCUT2D eigenvalue weighted by Crippen LogP contribution is -2.53. The van der Waals surface area contributed by atoms with E-state index in [0.717, 1.165) is 19.3 Å². The minimum absolute atomic E-state index is 0.0730. The van der Waals surface area contributed by atoms with Crippen molar-refractivity contribution in [2.75, 3.05) is 0 Å². The van der Waals surface area contributed by atoms with Crippen molar-refractivity contribution in [3.05, 3.63) is 35.9 Å². The Morgan fingerprint density at radius 1 is 1.27 bits per heavy atom. The average molecular weight is 227 g/mol. The van der Waals surface area contributed by atoms with Crippen molar-refractivity contribution in [1.29, 1.82) is 0 Å². The van der Waals surface area contributed by atoms with Crippen LogP contribution in [0.3, 0.4) is 0 Å². The summed E-state index contributed by atoms with van der Waals surface area (Å²) in [5, 5.41) is 0. The fourth-order valence-electron chi connectivity index (χ4n) is 1.66. The quantitative estimate of drug-likeness (QED) is 0.748. The number of benzene rings is 1. The molecule has 84 valence electrons. The van der Waals surface area contributed by atoms with E-state index in [-0.39, 0.29) is 4.87 Å². The molecule has 0 heterocycles. The molecular weight excluding hydrogens is 206 g/mol. The van der Waals surface area contributed by atoms with Crippen molar-refractivity contribution >= 4 is 11.6 Å². The summed E-state index contributed by atoms with van der Waals surface area (Å²) in [7, 11) is 0. The molecule has 0 radical (unpaired) electrons. The fourth-order valence-corrected chi connectivity index (χ4v) is 1.79. The van der Waals surface area contributed by atoms with Crippen LogP contribution in [0.4, 0.5) is 0 Å². The minimum atomic E-state index is -0.0730. The summed E-state index contributed by atoms with van der Waals surface area (Å²) >= 11 is 6.14. The second-order valence-electron chi connectivity index (χ2n) is 4.72. The van der Waals surface area contributed by atoms with E-state index in [1.807, 2.05) is 6.07 Å². The van der Waals surface area contributed by atoms with Crippen LogP contribution < -0.4 is 5.73 Å². The summed E-state index contributed by atoms with van der Waals surface area (Å²) in [6.45, 7) is 4.13. The minimum Gasteiger partial charge on any atom is -0.351 e. The summed E-state index contributed by atoms with van der Waals surface area (Å²) in [6.07, 6.45) is 3.30. The van der Waals surface area contributed by atoms with Gasteiger partial charge in [-0.2, -0.15) is 0 Å². The van der Waals surface area contributed by atoms with Crippen LogP contribution in [-0.4, -0.2) is 4.87 Å². The highest BCUT2D eigenvalue weighted by molar-refractivity contribution is 6.23. The molecule has 0 aliphatic rings. The summed E-state index contributed by atoms with van der Waals surface area (Å²) in [4.78, 5) is -0.0730. The maximum absolute atomic E-state index is 6.14. The lowest BCUT2D eigenvalue weighted by atomic mass is 9.98. The van der Waals surface area contributed by atoms with E-state index in [1.54, 1.807) is 0 Å². The zero-order chi connectivity index (χ0) is 11.3. The standard InChI is InChI=1S/C13H20ClN/c1-13(2,14)10-6-9-12(15)11-7-4-3-5-8-11/h3-5,7-8,12H,6,9-10,15H2,1-2H3/p+1. The normalized spacial score (nSPS) is 13.9. The Labute approximate surface area is 97.6 Å². The first-order valence-electron chi connectivity index (χ1n) is 5.56. The van der Waals surface area contributed by atoms with Crippen molar-refractivity contribution in [1.82, 2.24) is 0 Å². The Bertz CT molecular complexity index is 276. The van der Waals surface area contributed by atoms with Crippen LogP contribution in [0.15, 0.2) is 30.3 Å². The zero-order valence-corrected chi connectivity index (χ0v) is 10.4. The van der Waals surface area contributed by atoms with Gasteiger partial charge in [0, 0.05) is 16.9 Å². The Morgan fingerprint density at radius 3 is 2.40 bits per heavy atom. The van der Waals surface area contributed by atoms with Crippen LogP contribution in [0.2, 0.25) is 0 Å². The van der Waals surface area contributed by atoms with Gasteiger partial charge in [0.1, 0.15) is 6.04 Å². The SMILES string of the molecule is CC(C)(Cl)CCCC([NH3+])c1ccccc1. The third kappa shape index (κ3) is 5.19. The molecule has 0 spiro atoms. The van der Waals surface area contributed by atoms with Crippen molar-refractivity contribution < 1.29 is 5.73 Å². The summed E-state index contributed by atoms with van der Waals surface area (Å²) < 4.78 is 0. The molecule has 1 aromatic rings.